The molecule has 3 heterocycles. The number of pyridine rings is 1. The zero-order valence-electron chi connectivity index (χ0n) is 15.3. The number of H-pyrrole nitrogens is 1. The molecule has 134 valence electrons. The van der Waals surface area contributed by atoms with Crippen LogP contribution in [0.5, 0.6) is 0 Å². The Morgan fingerprint density at radius 1 is 1.27 bits per heavy atom. The molecule has 0 saturated carbocycles. The van der Waals surface area contributed by atoms with Crippen LogP contribution < -0.4 is 5.73 Å². The lowest BCUT2D eigenvalue weighted by atomic mass is 9.71. The van der Waals surface area contributed by atoms with Crippen LogP contribution in [0.25, 0.3) is 10.9 Å². The van der Waals surface area contributed by atoms with Crippen LogP contribution in [0.4, 0.5) is 0 Å². The van der Waals surface area contributed by atoms with Crippen molar-refractivity contribution in [2.24, 2.45) is 5.73 Å². The van der Waals surface area contributed by atoms with Gasteiger partial charge in [0.15, 0.2) is 0 Å². The number of rotatable bonds is 2. The molecule has 0 spiro atoms. The number of nitrogens with one attached hydrogen (secondary N) is 1. The summed E-state index contributed by atoms with van der Waals surface area (Å²) in [4.78, 5) is 11.0. The zero-order chi connectivity index (χ0) is 17.7. The molecule has 5 rings (SSSR count). The number of hydrogen-bond donors (Lipinski definition) is 2. The highest BCUT2D eigenvalue weighted by Crippen LogP contribution is 2.44. The number of hydrogen-bond acceptors (Lipinski definition) is 3. The highest BCUT2D eigenvalue weighted by Gasteiger charge is 2.46. The van der Waals surface area contributed by atoms with Gasteiger partial charge >= 0.3 is 0 Å². The molecular formula is C22H26N4. The third-order valence-electron chi connectivity index (χ3n) is 6.34. The van der Waals surface area contributed by atoms with Crippen LogP contribution in [0.2, 0.25) is 0 Å². The van der Waals surface area contributed by atoms with Gasteiger partial charge in [0.1, 0.15) is 0 Å². The van der Waals surface area contributed by atoms with E-state index in [1.165, 1.54) is 33.4 Å². The van der Waals surface area contributed by atoms with Crippen LogP contribution in [0.3, 0.4) is 0 Å². The van der Waals surface area contributed by atoms with Crippen molar-refractivity contribution in [3.05, 3.63) is 65.1 Å². The molecule has 3 N–H and O–H groups in total. The van der Waals surface area contributed by atoms with Gasteiger partial charge in [-0.25, -0.2) is 0 Å². The summed E-state index contributed by atoms with van der Waals surface area (Å²) in [5, 5.41) is 1.29. The molecular weight excluding hydrogens is 320 g/mol. The molecule has 2 unspecified atom stereocenters. The minimum atomic E-state index is -0.151. The molecule has 0 amide bonds. The average molecular weight is 346 g/mol. The number of nitrogens with two attached hydrogens (primary N) is 1. The second-order valence-corrected chi connectivity index (χ2v) is 8.09. The Bertz CT molecular complexity index is 960. The number of para-hydroxylation sites is 1. The maximum Gasteiger partial charge on any atom is 0.0709 e. The molecule has 2 aliphatic rings. The molecule has 1 fully saturated rings. The highest BCUT2D eigenvalue weighted by atomic mass is 15.2. The van der Waals surface area contributed by atoms with E-state index in [1.807, 2.05) is 6.20 Å². The normalized spacial score (nSPS) is 25.8. The minimum Gasteiger partial charge on any atom is -0.357 e. The number of aromatic nitrogens is 2. The van der Waals surface area contributed by atoms with Gasteiger partial charge in [-0.05, 0) is 67.8 Å². The molecule has 1 saturated heterocycles. The molecule has 2 atom stereocenters. The van der Waals surface area contributed by atoms with Crippen LogP contribution >= 0.6 is 0 Å². The predicted octanol–water partition coefficient (Wildman–Crippen LogP) is 3.85. The quantitative estimate of drug-likeness (QED) is 0.741. The van der Waals surface area contributed by atoms with E-state index in [9.17, 15) is 0 Å². The van der Waals surface area contributed by atoms with E-state index in [0.29, 0.717) is 0 Å². The third kappa shape index (κ3) is 2.48. The fourth-order valence-electron chi connectivity index (χ4n) is 5.06. The van der Waals surface area contributed by atoms with Crippen LogP contribution in [-0.4, -0.2) is 27.0 Å². The Labute approximate surface area is 154 Å². The molecule has 26 heavy (non-hydrogen) atoms. The first-order valence-corrected chi connectivity index (χ1v) is 9.68. The van der Waals surface area contributed by atoms with Crippen LogP contribution in [-0.2, 0) is 13.0 Å². The fraction of sp³-hybridized carbons (Fsp3) is 0.409. The van der Waals surface area contributed by atoms with Gasteiger partial charge < -0.3 is 10.7 Å². The van der Waals surface area contributed by atoms with E-state index in [0.717, 1.165) is 38.8 Å². The van der Waals surface area contributed by atoms with Gasteiger partial charge in [0, 0.05) is 29.5 Å². The number of aromatic amines is 1. The van der Waals surface area contributed by atoms with E-state index in [2.05, 4.69) is 53.2 Å². The van der Waals surface area contributed by atoms with Crippen LogP contribution in [0.1, 0.15) is 47.8 Å². The summed E-state index contributed by atoms with van der Waals surface area (Å²) in [7, 11) is 0. The maximum absolute atomic E-state index is 6.93. The first-order valence-electron chi connectivity index (χ1n) is 9.68. The smallest absolute Gasteiger partial charge is 0.0709 e. The molecule has 1 aliphatic carbocycles. The van der Waals surface area contributed by atoms with Gasteiger partial charge in [0.05, 0.1) is 11.7 Å². The second-order valence-electron chi connectivity index (χ2n) is 8.09. The van der Waals surface area contributed by atoms with Crippen molar-refractivity contribution in [3.8, 4) is 0 Å². The number of likely N-dealkylation sites (tertiary alicyclic amines) is 1. The summed E-state index contributed by atoms with van der Waals surface area (Å²) in [6.45, 7) is 4.14. The first kappa shape index (κ1) is 16.0. The van der Waals surface area contributed by atoms with Crippen molar-refractivity contribution in [1.29, 1.82) is 0 Å². The summed E-state index contributed by atoms with van der Waals surface area (Å²) in [6.07, 6.45) is 6.28. The van der Waals surface area contributed by atoms with Crippen LogP contribution in [0.15, 0.2) is 42.6 Å². The Morgan fingerprint density at radius 3 is 3.08 bits per heavy atom. The van der Waals surface area contributed by atoms with Gasteiger partial charge in [-0.3, -0.25) is 9.88 Å². The van der Waals surface area contributed by atoms with Gasteiger partial charge in [-0.15, -0.1) is 0 Å². The van der Waals surface area contributed by atoms with E-state index >= 15 is 0 Å². The molecule has 1 aliphatic heterocycles. The van der Waals surface area contributed by atoms with Crippen molar-refractivity contribution in [1.82, 2.24) is 14.9 Å². The minimum absolute atomic E-state index is 0.151. The summed E-state index contributed by atoms with van der Waals surface area (Å²) in [5.41, 5.74) is 13.2. The number of benzene rings is 1. The molecule has 0 radical (unpaired) electrons. The number of piperidine rings is 1. The van der Waals surface area contributed by atoms with Crippen molar-refractivity contribution < 1.29 is 0 Å². The lowest BCUT2D eigenvalue weighted by molar-refractivity contribution is 0.0462. The molecule has 1 aromatic carbocycles. The summed E-state index contributed by atoms with van der Waals surface area (Å²) < 4.78 is 0. The predicted molar refractivity (Wildman–Crippen MR) is 105 cm³/mol. The topological polar surface area (TPSA) is 57.9 Å². The number of nitrogens with zero attached hydrogens (tertiary/aromatic N) is 2. The maximum atomic E-state index is 6.93. The third-order valence-corrected chi connectivity index (χ3v) is 6.34. The van der Waals surface area contributed by atoms with E-state index < -0.39 is 0 Å². The monoisotopic (exact) mass is 346 g/mol. The Balaban J connectivity index is 1.52. The molecule has 2 aromatic heterocycles. The lowest BCUT2D eigenvalue weighted by Crippen LogP contribution is -2.58. The van der Waals surface area contributed by atoms with Crippen molar-refractivity contribution in [2.75, 3.05) is 6.54 Å². The van der Waals surface area contributed by atoms with Crippen molar-refractivity contribution >= 4 is 10.9 Å². The van der Waals surface area contributed by atoms with E-state index in [-0.39, 0.29) is 11.6 Å². The zero-order valence-corrected chi connectivity index (χ0v) is 15.3. The first-order chi connectivity index (χ1) is 12.6. The number of fused-ring (bicyclic) bond motifs is 4. The van der Waals surface area contributed by atoms with Gasteiger partial charge in [0.2, 0.25) is 0 Å². The summed E-state index contributed by atoms with van der Waals surface area (Å²) in [5.74, 6) is 0. The number of aryl methyl sites for hydroxylation is 2. The highest BCUT2D eigenvalue weighted by molar-refractivity contribution is 5.83. The molecule has 4 heteroatoms. The fourth-order valence-corrected chi connectivity index (χ4v) is 5.06. The summed E-state index contributed by atoms with van der Waals surface area (Å²) in [6, 6.07) is 13.3. The van der Waals surface area contributed by atoms with Gasteiger partial charge in [-0.2, -0.15) is 0 Å². The molecule has 0 bridgehead atoms. The van der Waals surface area contributed by atoms with Crippen LogP contribution in [0, 0.1) is 6.92 Å². The molecule has 3 aromatic rings. The van der Waals surface area contributed by atoms with E-state index in [1.54, 1.807) is 0 Å². The summed E-state index contributed by atoms with van der Waals surface area (Å²) >= 11 is 0. The van der Waals surface area contributed by atoms with Gasteiger partial charge in [-0.1, -0.05) is 24.3 Å². The van der Waals surface area contributed by atoms with Gasteiger partial charge in [0.25, 0.3) is 0 Å². The largest absolute Gasteiger partial charge is 0.357 e. The Morgan fingerprint density at radius 2 is 2.19 bits per heavy atom. The lowest BCUT2D eigenvalue weighted by Gasteiger charge is -2.50. The molecule has 4 nitrogen and oxygen atoms in total. The van der Waals surface area contributed by atoms with Crippen molar-refractivity contribution in [2.45, 2.75) is 50.7 Å². The van der Waals surface area contributed by atoms with E-state index in [4.69, 9.17) is 10.7 Å². The Hall–Kier alpha value is -2.17. The Kier molecular flexibility index (Phi) is 3.66. The average Bonchev–Trinajstić information content (AvgIpc) is 3.05. The van der Waals surface area contributed by atoms with Crippen molar-refractivity contribution in [3.63, 3.8) is 0 Å². The second kappa shape index (κ2) is 5.93. The standard InChI is InChI=1S/C22H26N4/c1-15-5-2-6-17-13-18(25-19(15)17)14-26-12-4-9-22(23)10-8-16-7-3-11-24-20(16)21(22)26/h2-3,5-7,11,13,21,25H,4,8-10,12,14,23H2,1H3. The SMILES string of the molecule is Cc1cccc2cc(CN3CCCC4(N)CCc5cccnc5C34)[nH]c12.